The maximum atomic E-state index is 14.1. The molecule has 0 unspecified atom stereocenters. The van der Waals surface area contributed by atoms with Gasteiger partial charge in [0.05, 0.1) is 61.9 Å². The van der Waals surface area contributed by atoms with Crippen LogP contribution in [0.25, 0.3) is 22.2 Å². The van der Waals surface area contributed by atoms with Gasteiger partial charge in [-0.3, -0.25) is 4.79 Å². The molecule has 22 nitrogen and oxygen atoms in total. The predicted molar refractivity (Wildman–Crippen MR) is 324 cm³/mol. The number of nitrogens with two attached hydrogens (primary N) is 1. The van der Waals surface area contributed by atoms with Crippen molar-refractivity contribution in [3.8, 4) is 17.6 Å². The van der Waals surface area contributed by atoms with Crippen LogP contribution in [0, 0.1) is 35.0 Å². The molecule has 0 amide bonds. The van der Waals surface area contributed by atoms with Crippen molar-refractivity contribution in [2.75, 3.05) is 64.2 Å². The molecule has 2 aromatic heterocycles. The van der Waals surface area contributed by atoms with Crippen LogP contribution in [0.5, 0.6) is 11.5 Å². The minimum Gasteiger partial charge on any atom is -0.497 e. The van der Waals surface area contributed by atoms with Gasteiger partial charge in [-0.25, -0.2) is 16.8 Å². The van der Waals surface area contributed by atoms with E-state index in [-0.39, 0.29) is 84.6 Å². The first-order valence-corrected chi connectivity index (χ1v) is 31.7. The molecule has 4 aromatic carbocycles. The molecule has 2 saturated heterocycles. The summed E-state index contributed by atoms with van der Waals surface area (Å²) in [5, 5.41) is 36.0. The molecule has 2 aliphatic rings. The Bertz CT molecular complexity index is 3330. The third kappa shape index (κ3) is 19.3. The molecule has 0 aliphatic carbocycles. The zero-order valence-electron chi connectivity index (χ0n) is 50.6. The van der Waals surface area contributed by atoms with E-state index < -0.39 is 50.2 Å². The quantitative estimate of drug-likeness (QED) is 0.0302. The lowest BCUT2D eigenvalue weighted by Crippen LogP contribution is -2.47. The summed E-state index contributed by atoms with van der Waals surface area (Å²) in [4.78, 5) is 22.2. The number of fused-ring (bicyclic) bond motifs is 3. The van der Waals surface area contributed by atoms with E-state index in [4.69, 9.17) is 43.5 Å². The van der Waals surface area contributed by atoms with E-state index in [0.29, 0.717) is 72.5 Å². The highest BCUT2D eigenvalue weighted by Gasteiger charge is 2.42. The lowest BCUT2D eigenvalue weighted by molar-refractivity contribution is -0.195. The van der Waals surface area contributed by atoms with Gasteiger partial charge in [0.15, 0.2) is 17.5 Å². The number of aliphatic hydroxyl groups excluding tert-OH is 2. The maximum absolute atomic E-state index is 14.1. The third-order valence-corrected chi connectivity index (χ3v) is 17.7. The Morgan fingerprint density at radius 1 is 0.682 bits per heavy atom. The van der Waals surface area contributed by atoms with Crippen molar-refractivity contribution >= 4 is 60.2 Å². The van der Waals surface area contributed by atoms with Crippen LogP contribution in [-0.2, 0) is 51.9 Å². The first kappa shape index (κ1) is 67.7. The summed E-state index contributed by atoms with van der Waals surface area (Å²) in [6.45, 7) is 18.0. The van der Waals surface area contributed by atoms with Crippen molar-refractivity contribution < 1.29 is 64.4 Å². The number of esters is 1. The number of sulfonamides is 2. The molecule has 85 heavy (non-hydrogen) atoms. The fourth-order valence-electron chi connectivity index (χ4n) is 9.89. The second-order valence-corrected chi connectivity index (χ2v) is 26.7. The van der Waals surface area contributed by atoms with Crippen molar-refractivity contribution in [1.29, 1.82) is 5.26 Å². The van der Waals surface area contributed by atoms with Gasteiger partial charge >= 0.3 is 5.97 Å². The van der Waals surface area contributed by atoms with Crippen LogP contribution in [0.4, 0.5) is 12.0 Å². The van der Waals surface area contributed by atoms with Crippen molar-refractivity contribution in [2.24, 2.45) is 29.4 Å². The highest BCUT2D eigenvalue weighted by atomic mass is 32.2. The molecule has 24 heteroatoms. The van der Waals surface area contributed by atoms with Gasteiger partial charge in [0.1, 0.15) is 28.6 Å². The fraction of sp³-hybridized carbons (Fsp3) is 0.541. The van der Waals surface area contributed by atoms with Crippen LogP contribution >= 0.6 is 0 Å². The van der Waals surface area contributed by atoms with Gasteiger partial charge in [0, 0.05) is 81.6 Å². The first-order chi connectivity index (χ1) is 40.3. The Balaban J connectivity index is 0.000000271. The summed E-state index contributed by atoms with van der Waals surface area (Å²) >= 11 is 0. The van der Waals surface area contributed by atoms with Crippen LogP contribution in [0.1, 0.15) is 92.7 Å². The number of hydrogen-bond donors (Lipinski definition) is 5. The fourth-order valence-corrected chi connectivity index (χ4v) is 13.2. The molecule has 7 atom stereocenters. The van der Waals surface area contributed by atoms with E-state index in [1.807, 2.05) is 104 Å². The minimum absolute atomic E-state index is 0.0247. The normalized spacial score (nSPS) is 17.7. The number of hydrogen-bond acceptors (Lipinski definition) is 20. The predicted octanol–water partition coefficient (Wildman–Crippen LogP) is 8.37. The third-order valence-electron chi connectivity index (χ3n) is 14.0. The molecule has 0 spiro atoms. The number of carbonyl (C=O) groups excluding carboxylic acids is 1. The number of ether oxygens (including phenoxy) is 5. The van der Waals surface area contributed by atoms with E-state index in [9.17, 15) is 31.8 Å². The van der Waals surface area contributed by atoms with Crippen molar-refractivity contribution in [3.63, 3.8) is 0 Å². The SMILES string of the molecule is CC#N.COc1ccc(C[C@H](CC(=O)O[C@H]2CCO[C@H]3OCC[C@H]32)[C@H](O)CN(CC(C)C)S(=O)(=O)c2ccc3nc(NC(C)C)oc3c2)cc1.COc1ccc(C[C@H](N)[C@H](O)CN(CC(C)C)S(=O)(=O)c2ccc3nc(NC(C)C)oc3c2)cc1. The Morgan fingerprint density at radius 2 is 1.12 bits per heavy atom. The van der Waals surface area contributed by atoms with E-state index in [0.717, 1.165) is 23.3 Å². The van der Waals surface area contributed by atoms with Gasteiger partial charge in [-0.1, -0.05) is 52.0 Å². The van der Waals surface area contributed by atoms with Gasteiger partial charge in [0.2, 0.25) is 20.0 Å². The molecule has 0 bridgehead atoms. The van der Waals surface area contributed by atoms with Crippen molar-refractivity contribution in [2.45, 2.75) is 147 Å². The second kappa shape index (κ2) is 31.3. The summed E-state index contributed by atoms with van der Waals surface area (Å²) in [5.41, 5.74) is 9.86. The van der Waals surface area contributed by atoms with E-state index in [1.54, 1.807) is 32.4 Å². The van der Waals surface area contributed by atoms with Crippen LogP contribution in [0.2, 0.25) is 0 Å². The van der Waals surface area contributed by atoms with E-state index in [1.165, 1.54) is 39.8 Å². The van der Waals surface area contributed by atoms with Gasteiger partial charge in [-0.15, -0.1) is 0 Å². The average Bonchev–Trinajstić information content (AvgIpc) is 4.39. The van der Waals surface area contributed by atoms with Gasteiger partial charge < -0.3 is 59.1 Å². The Labute approximate surface area is 500 Å². The number of nitriles is 1. The van der Waals surface area contributed by atoms with Gasteiger partial charge in [0.25, 0.3) is 12.0 Å². The Morgan fingerprint density at radius 3 is 1.55 bits per heavy atom. The highest BCUT2D eigenvalue weighted by molar-refractivity contribution is 7.89. The molecular formula is C61H86N8O14S2. The molecule has 0 radical (unpaired) electrons. The summed E-state index contributed by atoms with van der Waals surface area (Å²) < 4.78 is 97.1. The molecular weight excluding hydrogens is 1130 g/mol. The number of carbonyl (C=O) groups is 1. The largest absolute Gasteiger partial charge is 0.497 e. The number of rotatable bonds is 27. The van der Waals surface area contributed by atoms with Gasteiger partial charge in [-0.05, 0) is 118 Å². The number of nitrogens with zero attached hydrogens (tertiary/aromatic N) is 5. The summed E-state index contributed by atoms with van der Waals surface area (Å²) in [6, 6.07) is 25.9. The smallest absolute Gasteiger partial charge is 0.306 e. The van der Waals surface area contributed by atoms with E-state index >= 15 is 0 Å². The molecule has 4 heterocycles. The lowest BCUT2D eigenvalue weighted by Gasteiger charge is -2.33. The zero-order valence-corrected chi connectivity index (χ0v) is 52.3. The van der Waals surface area contributed by atoms with Crippen molar-refractivity contribution in [1.82, 2.24) is 18.6 Å². The Hall–Kier alpha value is -6.40. The second-order valence-electron chi connectivity index (χ2n) is 22.8. The molecule has 6 N–H and O–H groups in total. The number of oxazole rings is 2. The standard InChI is InChI=1S/C34H47N3O9S.C25H36N4O5S.C2H3N/c1-21(2)19-37(47(40,41)26-10-11-28-31(18-26)46-34(36-28)35-22(3)4)20-29(38)24(16-23-6-8-25(42-5)9-7-23)17-32(39)45-30-13-15-44-33-27(30)12-14-43-33;1-16(2)14-29(15-23(30)21(26)12-18-6-8-19(33-5)9-7-18)35(31,32)20-10-11-22-24(13-20)34-25(28-22)27-17(3)4;1-2-3/h6-11,18,21-22,24,27,29-30,33,38H,12-17,19-20H2,1-5H3,(H,35,36);6-11,13,16-17,21,23,30H,12,14-15,26H2,1-5H3,(H,27,28);1H3/t24-,27+,29-,30+,33-;21-,23+;/m10./s1. The van der Waals surface area contributed by atoms with Crippen molar-refractivity contribution in [3.05, 3.63) is 96.1 Å². The topological polar surface area (TPSA) is 304 Å². The van der Waals surface area contributed by atoms with Crippen LogP contribution < -0.4 is 25.8 Å². The van der Waals surface area contributed by atoms with Crippen LogP contribution in [0.3, 0.4) is 0 Å². The number of anilines is 2. The number of methoxy groups -OCH3 is 2. The Kier molecular flexibility index (Phi) is 24.9. The highest BCUT2D eigenvalue weighted by Crippen LogP contribution is 2.34. The summed E-state index contributed by atoms with van der Waals surface area (Å²) in [7, 11) is -4.81. The molecule has 8 rings (SSSR count). The minimum atomic E-state index is -4.07. The van der Waals surface area contributed by atoms with E-state index in [2.05, 4.69) is 20.6 Å². The average molecular weight is 1220 g/mol. The maximum Gasteiger partial charge on any atom is 0.306 e. The van der Waals surface area contributed by atoms with Crippen LogP contribution in [-0.4, -0.2) is 148 Å². The number of benzene rings is 4. The van der Waals surface area contributed by atoms with Crippen LogP contribution in [0.15, 0.2) is 104 Å². The molecule has 0 saturated carbocycles. The lowest BCUT2D eigenvalue weighted by atomic mass is 9.90. The molecule has 2 fully saturated rings. The summed E-state index contributed by atoms with van der Waals surface area (Å²) in [5.74, 6) is 0.329. The first-order valence-electron chi connectivity index (χ1n) is 28.8. The molecule has 466 valence electrons. The molecule has 2 aliphatic heterocycles. The summed E-state index contributed by atoms with van der Waals surface area (Å²) in [6.07, 6.45) is -0.967. The molecule has 6 aromatic rings. The number of nitrogens with one attached hydrogen (secondary N) is 2. The number of aromatic nitrogens is 2. The number of aliphatic hydroxyl groups is 2. The zero-order chi connectivity index (χ0) is 62.2. The van der Waals surface area contributed by atoms with Gasteiger partial charge in [-0.2, -0.15) is 23.8 Å². The monoisotopic (exact) mass is 1220 g/mol.